The molecule has 2 heterocycles. The molecule has 1 atom stereocenters. The normalized spacial score (nSPS) is 26.8. The molecule has 0 spiro atoms. The molecule has 134 valence electrons. The van der Waals surface area contributed by atoms with Gasteiger partial charge in [0.15, 0.2) is 0 Å². The van der Waals surface area contributed by atoms with E-state index in [9.17, 15) is 4.79 Å². The molecule has 24 heavy (non-hydrogen) atoms. The van der Waals surface area contributed by atoms with Crippen molar-refractivity contribution < 1.29 is 14.3 Å². The van der Waals surface area contributed by atoms with Crippen molar-refractivity contribution in [3.63, 3.8) is 0 Å². The van der Waals surface area contributed by atoms with Gasteiger partial charge in [0.05, 0.1) is 18.8 Å². The number of hydrogen-bond acceptors (Lipinski definition) is 5. The molecule has 0 bridgehead atoms. The van der Waals surface area contributed by atoms with Crippen LogP contribution in [0.25, 0.3) is 0 Å². The van der Waals surface area contributed by atoms with Gasteiger partial charge in [-0.15, -0.1) is 11.3 Å². The first-order valence-electron chi connectivity index (χ1n) is 8.98. The van der Waals surface area contributed by atoms with Crippen LogP contribution < -0.4 is 0 Å². The number of methoxy groups -OCH3 is 2. The van der Waals surface area contributed by atoms with Crippen molar-refractivity contribution in [2.75, 3.05) is 27.3 Å². The third kappa shape index (κ3) is 3.39. The van der Waals surface area contributed by atoms with Crippen LogP contribution in [0, 0.1) is 12.8 Å². The molecule has 2 aliphatic rings. The van der Waals surface area contributed by atoms with Crippen molar-refractivity contribution in [3.8, 4) is 0 Å². The summed E-state index contributed by atoms with van der Waals surface area (Å²) < 4.78 is 10.3. The Balaban J connectivity index is 1.57. The van der Waals surface area contributed by atoms with Gasteiger partial charge in [0.2, 0.25) is 0 Å². The van der Waals surface area contributed by atoms with Crippen LogP contribution in [0.2, 0.25) is 0 Å². The van der Waals surface area contributed by atoms with E-state index >= 15 is 0 Å². The number of thiophene rings is 1. The molecule has 1 unspecified atom stereocenters. The average molecular weight is 352 g/mol. The van der Waals surface area contributed by atoms with Gasteiger partial charge in [-0.1, -0.05) is 6.92 Å². The smallest absolute Gasteiger partial charge is 0.338 e. The molecule has 1 saturated heterocycles. The molecular weight excluding hydrogens is 322 g/mol. The second-order valence-corrected chi connectivity index (χ2v) is 8.21. The van der Waals surface area contributed by atoms with E-state index in [0.717, 1.165) is 36.2 Å². The molecule has 4 nitrogen and oxygen atoms in total. The fraction of sp³-hybridized carbons (Fsp3) is 0.737. The SMILES string of the molecule is COC(=O)c1csc(C(C)C2CCC(N3CC(OC)C3)CC2)c1C. The summed E-state index contributed by atoms with van der Waals surface area (Å²) in [5, 5.41) is 1.96. The van der Waals surface area contributed by atoms with Gasteiger partial charge in [0, 0.05) is 36.5 Å². The van der Waals surface area contributed by atoms with E-state index in [2.05, 4.69) is 18.7 Å². The number of hydrogen-bond donors (Lipinski definition) is 0. The lowest BCUT2D eigenvalue weighted by Crippen LogP contribution is -2.56. The number of carbonyl (C=O) groups excluding carboxylic acids is 1. The first kappa shape index (κ1) is 17.9. The maximum absolute atomic E-state index is 11.8. The molecule has 1 saturated carbocycles. The van der Waals surface area contributed by atoms with Gasteiger partial charge in [0.25, 0.3) is 0 Å². The van der Waals surface area contributed by atoms with Crippen LogP contribution in [-0.4, -0.2) is 50.3 Å². The van der Waals surface area contributed by atoms with Gasteiger partial charge < -0.3 is 9.47 Å². The second kappa shape index (κ2) is 7.54. The van der Waals surface area contributed by atoms with Crippen LogP contribution in [0.15, 0.2) is 5.38 Å². The summed E-state index contributed by atoms with van der Waals surface area (Å²) in [6, 6.07) is 0.745. The number of nitrogens with zero attached hydrogens (tertiary/aromatic N) is 1. The lowest BCUT2D eigenvalue weighted by atomic mass is 9.77. The minimum atomic E-state index is -0.212. The Morgan fingerprint density at radius 1 is 1.25 bits per heavy atom. The lowest BCUT2D eigenvalue weighted by molar-refractivity contribution is -0.0600. The fourth-order valence-electron chi connectivity index (χ4n) is 4.29. The molecule has 0 amide bonds. The quantitative estimate of drug-likeness (QED) is 0.756. The highest BCUT2D eigenvalue weighted by Gasteiger charge is 2.36. The zero-order valence-electron chi connectivity index (χ0n) is 15.2. The Labute approximate surface area is 149 Å². The van der Waals surface area contributed by atoms with Crippen molar-refractivity contribution in [3.05, 3.63) is 21.4 Å². The number of likely N-dealkylation sites (tertiary alicyclic amines) is 1. The highest BCUT2D eigenvalue weighted by atomic mass is 32.1. The Morgan fingerprint density at radius 3 is 2.50 bits per heavy atom. The standard InChI is InChI=1S/C19H29NO3S/c1-12(18-13(2)17(11-24-18)19(21)23-4)14-5-7-15(8-6-14)20-9-16(10-20)22-3/h11-12,14-16H,5-10H2,1-4H3. The Morgan fingerprint density at radius 2 is 1.92 bits per heavy atom. The molecule has 0 radical (unpaired) electrons. The predicted octanol–water partition coefficient (Wildman–Crippen LogP) is 3.84. The summed E-state index contributed by atoms with van der Waals surface area (Å²) in [7, 11) is 3.26. The lowest BCUT2D eigenvalue weighted by Gasteiger charge is -2.46. The molecule has 1 aliphatic heterocycles. The molecule has 1 aromatic heterocycles. The van der Waals surface area contributed by atoms with Crippen molar-refractivity contribution in [2.45, 2.75) is 57.6 Å². The third-order valence-electron chi connectivity index (χ3n) is 6.07. The molecule has 1 aliphatic carbocycles. The van der Waals surface area contributed by atoms with Gasteiger partial charge in [-0.05, 0) is 50.0 Å². The van der Waals surface area contributed by atoms with E-state index in [1.807, 2.05) is 12.5 Å². The Hall–Kier alpha value is -0.910. The van der Waals surface area contributed by atoms with Crippen LogP contribution in [-0.2, 0) is 9.47 Å². The average Bonchev–Trinajstić information content (AvgIpc) is 2.95. The third-order valence-corrected chi connectivity index (χ3v) is 7.36. The summed E-state index contributed by atoms with van der Waals surface area (Å²) in [5.74, 6) is 1.04. The number of rotatable bonds is 5. The van der Waals surface area contributed by atoms with Gasteiger partial charge in [-0.25, -0.2) is 4.79 Å². The predicted molar refractivity (Wildman–Crippen MR) is 96.9 cm³/mol. The van der Waals surface area contributed by atoms with Gasteiger partial charge in [0.1, 0.15) is 0 Å². The minimum Gasteiger partial charge on any atom is -0.465 e. The fourth-order valence-corrected chi connectivity index (χ4v) is 5.50. The molecule has 0 N–H and O–H groups in total. The van der Waals surface area contributed by atoms with Gasteiger partial charge >= 0.3 is 5.97 Å². The Kier molecular flexibility index (Phi) is 5.63. The number of carbonyl (C=O) groups is 1. The summed E-state index contributed by atoms with van der Waals surface area (Å²) in [4.78, 5) is 15.8. The molecule has 1 aromatic rings. The molecule has 0 aromatic carbocycles. The van der Waals surface area contributed by atoms with E-state index in [0.29, 0.717) is 12.0 Å². The van der Waals surface area contributed by atoms with Crippen LogP contribution in [0.4, 0.5) is 0 Å². The van der Waals surface area contributed by atoms with Crippen molar-refractivity contribution in [1.82, 2.24) is 4.90 Å². The van der Waals surface area contributed by atoms with Crippen LogP contribution in [0.1, 0.15) is 59.3 Å². The van der Waals surface area contributed by atoms with E-state index in [1.165, 1.54) is 37.7 Å². The van der Waals surface area contributed by atoms with E-state index < -0.39 is 0 Å². The summed E-state index contributed by atoms with van der Waals surface area (Å²) >= 11 is 1.72. The molecule has 2 fully saturated rings. The molecular formula is C19H29NO3S. The minimum absolute atomic E-state index is 0.212. The van der Waals surface area contributed by atoms with E-state index in [-0.39, 0.29) is 5.97 Å². The highest BCUT2D eigenvalue weighted by Crippen LogP contribution is 2.41. The van der Waals surface area contributed by atoms with Crippen LogP contribution >= 0.6 is 11.3 Å². The maximum atomic E-state index is 11.8. The van der Waals surface area contributed by atoms with Crippen LogP contribution in [0.3, 0.4) is 0 Å². The van der Waals surface area contributed by atoms with E-state index in [1.54, 1.807) is 11.3 Å². The zero-order chi connectivity index (χ0) is 17.3. The van der Waals surface area contributed by atoms with Crippen molar-refractivity contribution in [1.29, 1.82) is 0 Å². The second-order valence-electron chi connectivity index (χ2n) is 7.30. The number of esters is 1. The maximum Gasteiger partial charge on any atom is 0.338 e. The monoisotopic (exact) mass is 351 g/mol. The Bertz CT molecular complexity index is 571. The summed E-state index contributed by atoms with van der Waals surface area (Å²) in [6.07, 6.45) is 5.60. The van der Waals surface area contributed by atoms with Gasteiger partial charge in [-0.3, -0.25) is 4.90 Å². The van der Waals surface area contributed by atoms with Crippen molar-refractivity contribution >= 4 is 17.3 Å². The topological polar surface area (TPSA) is 38.8 Å². The summed E-state index contributed by atoms with van der Waals surface area (Å²) in [5.41, 5.74) is 1.86. The highest BCUT2D eigenvalue weighted by molar-refractivity contribution is 7.10. The van der Waals surface area contributed by atoms with Crippen LogP contribution in [0.5, 0.6) is 0 Å². The van der Waals surface area contributed by atoms with E-state index in [4.69, 9.17) is 9.47 Å². The first-order chi connectivity index (χ1) is 11.5. The van der Waals surface area contributed by atoms with Gasteiger partial charge in [-0.2, -0.15) is 0 Å². The molecule has 5 heteroatoms. The summed E-state index contributed by atoms with van der Waals surface area (Å²) in [6.45, 7) is 6.60. The first-order valence-corrected chi connectivity index (χ1v) is 9.86. The largest absolute Gasteiger partial charge is 0.465 e. The molecule has 3 rings (SSSR count). The zero-order valence-corrected chi connectivity index (χ0v) is 16.0. The number of ether oxygens (including phenoxy) is 2. The van der Waals surface area contributed by atoms with Crippen molar-refractivity contribution in [2.24, 2.45) is 5.92 Å².